The van der Waals surface area contributed by atoms with Gasteiger partial charge in [-0.15, -0.1) is 0 Å². The molecule has 0 aliphatic heterocycles. The van der Waals surface area contributed by atoms with Crippen LogP contribution in [-0.4, -0.2) is 26.8 Å². The number of carbonyl (C=O) groups is 1. The number of alkyl halides is 3. The van der Waals surface area contributed by atoms with E-state index in [9.17, 15) is 18.0 Å². The van der Waals surface area contributed by atoms with E-state index >= 15 is 0 Å². The molecule has 4 nitrogen and oxygen atoms in total. The Morgan fingerprint density at radius 3 is 2.57 bits per heavy atom. The number of hydrogen-bond acceptors (Lipinski definition) is 2. The maximum Gasteiger partial charge on any atom is 0.412 e. The van der Waals surface area contributed by atoms with Crippen molar-refractivity contribution in [2.24, 2.45) is 0 Å². The van der Waals surface area contributed by atoms with Gasteiger partial charge in [0.15, 0.2) is 0 Å². The number of aromatic nitrogens is 2. The Morgan fingerprint density at radius 1 is 1.43 bits per heavy atom. The number of halogens is 3. The first kappa shape index (κ1) is 13.9. The van der Waals surface area contributed by atoms with Crippen molar-refractivity contribution in [3.63, 3.8) is 0 Å². The van der Waals surface area contributed by atoms with Gasteiger partial charge in [0, 0.05) is 6.42 Å². The lowest BCUT2D eigenvalue weighted by Gasteiger charge is -2.23. The predicted octanol–water partition coefficient (Wildman–Crippen LogP) is 3.35. The average molecular weight is 298 g/mol. The molecule has 1 fully saturated rings. The summed E-state index contributed by atoms with van der Waals surface area (Å²) in [5.74, 6) is -0.788. The van der Waals surface area contributed by atoms with Crippen molar-refractivity contribution in [2.45, 2.75) is 37.9 Å². The third kappa shape index (κ3) is 1.91. The standard InChI is InChI=1S/C14H13F3N2O2/c1-2-11-18-9-7-8(12(20)21)3-4-10(9)19(11)13(5-6-13)14(15,16)17/h3-4,7H,2,5-6H2,1H3,(H,20,21). The Balaban J connectivity index is 2.25. The zero-order valence-corrected chi connectivity index (χ0v) is 11.2. The zero-order chi connectivity index (χ0) is 15.4. The van der Waals surface area contributed by atoms with Gasteiger partial charge in [-0.3, -0.25) is 0 Å². The molecule has 0 saturated heterocycles. The van der Waals surface area contributed by atoms with E-state index in [-0.39, 0.29) is 18.4 Å². The van der Waals surface area contributed by atoms with Crippen LogP contribution >= 0.6 is 0 Å². The Hall–Kier alpha value is -2.05. The van der Waals surface area contributed by atoms with E-state index in [1.807, 2.05) is 0 Å². The van der Waals surface area contributed by atoms with Crippen LogP contribution in [0.25, 0.3) is 11.0 Å². The Kier molecular flexibility index (Phi) is 2.80. The molecule has 0 unspecified atom stereocenters. The molecule has 0 spiro atoms. The van der Waals surface area contributed by atoms with Crippen molar-refractivity contribution in [3.05, 3.63) is 29.6 Å². The van der Waals surface area contributed by atoms with Gasteiger partial charge in [-0.1, -0.05) is 6.92 Å². The Labute approximate surface area is 118 Å². The van der Waals surface area contributed by atoms with Gasteiger partial charge in [0.2, 0.25) is 0 Å². The highest BCUT2D eigenvalue weighted by Crippen LogP contribution is 2.56. The Morgan fingerprint density at radius 2 is 2.10 bits per heavy atom. The SMILES string of the molecule is CCc1nc2cc(C(=O)O)ccc2n1C1(C(F)(F)F)CC1. The largest absolute Gasteiger partial charge is 0.478 e. The number of carboxylic acid groups (broad SMARTS) is 1. The summed E-state index contributed by atoms with van der Waals surface area (Å²) in [5, 5.41) is 8.96. The monoisotopic (exact) mass is 298 g/mol. The molecule has 0 atom stereocenters. The molecule has 1 heterocycles. The van der Waals surface area contributed by atoms with E-state index in [0.29, 0.717) is 23.3 Å². The van der Waals surface area contributed by atoms with Gasteiger partial charge in [0.1, 0.15) is 11.4 Å². The number of hydrogen-bond donors (Lipinski definition) is 1. The number of fused-ring (bicyclic) bond motifs is 1. The summed E-state index contributed by atoms with van der Waals surface area (Å²) in [7, 11) is 0. The highest BCUT2D eigenvalue weighted by Gasteiger charge is 2.65. The predicted molar refractivity (Wildman–Crippen MR) is 69.3 cm³/mol. The van der Waals surface area contributed by atoms with Gasteiger partial charge in [-0.05, 0) is 31.0 Å². The smallest absolute Gasteiger partial charge is 0.412 e. The fourth-order valence-electron chi connectivity index (χ4n) is 2.73. The van der Waals surface area contributed by atoms with E-state index in [0.717, 1.165) is 0 Å². The van der Waals surface area contributed by atoms with E-state index < -0.39 is 17.7 Å². The minimum absolute atomic E-state index is 0.0201. The summed E-state index contributed by atoms with van der Waals surface area (Å²) in [5.41, 5.74) is -1.22. The van der Waals surface area contributed by atoms with E-state index in [1.54, 1.807) is 6.92 Å². The van der Waals surface area contributed by atoms with Gasteiger partial charge < -0.3 is 9.67 Å². The number of imidazole rings is 1. The van der Waals surface area contributed by atoms with Crippen LogP contribution in [0.4, 0.5) is 13.2 Å². The highest BCUT2D eigenvalue weighted by atomic mass is 19.4. The molecule has 0 bridgehead atoms. The molecule has 0 radical (unpaired) electrons. The number of aryl methyl sites for hydroxylation is 1. The van der Waals surface area contributed by atoms with Gasteiger partial charge >= 0.3 is 12.1 Å². The lowest BCUT2D eigenvalue weighted by atomic mass is 10.1. The third-order valence-electron chi connectivity index (χ3n) is 3.97. The number of carboxylic acids is 1. The maximum atomic E-state index is 13.4. The molecule has 1 aromatic heterocycles. The maximum absolute atomic E-state index is 13.4. The van der Waals surface area contributed by atoms with Crippen LogP contribution in [0.3, 0.4) is 0 Å². The molecular formula is C14H13F3N2O2. The zero-order valence-electron chi connectivity index (χ0n) is 11.2. The summed E-state index contributed by atoms with van der Waals surface area (Å²) in [6, 6.07) is 4.05. The van der Waals surface area contributed by atoms with Gasteiger partial charge in [0.25, 0.3) is 0 Å². The van der Waals surface area contributed by atoms with Crippen LogP contribution < -0.4 is 0 Å². The van der Waals surface area contributed by atoms with Crippen molar-refractivity contribution >= 4 is 17.0 Å². The van der Waals surface area contributed by atoms with Gasteiger partial charge in [-0.2, -0.15) is 13.2 Å². The molecular weight excluding hydrogens is 285 g/mol. The highest BCUT2D eigenvalue weighted by molar-refractivity contribution is 5.92. The molecule has 1 N–H and O–H groups in total. The number of aromatic carboxylic acids is 1. The van der Waals surface area contributed by atoms with E-state index in [2.05, 4.69) is 4.98 Å². The van der Waals surface area contributed by atoms with Crippen LogP contribution in [0.1, 0.15) is 35.9 Å². The minimum atomic E-state index is -4.34. The molecule has 1 aliphatic carbocycles. The molecule has 0 amide bonds. The lowest BCUT2D eigenvalue weighted by molar-refractivity contribution is -0.179. The van der Waals surface area contributed by atoms with Crippen molar-refractivity contribution in [3.8, 4) is 0 Å². The second kappa shape index (κ2) is 4.22. The third-order valence-corrected chi connectivity index (χ3v) is 3.97. The quantitative estimate of drug-likeness (QED) is 0.945. The van der Waals surface area contributed by atoms with Crippen LogP contribution in [-0.2, 0) is 12.0 Å². The average Bonchev–Trinajstić information content (AvgIpc) is 3.13. The first-order chi connectivity index (χ1) is 9.80. The van der Waals surface area contributed by atoms with Crippen molar-refractivity contribution in [1.29, 1.82) is 0 Å². The van der Waals surface area contributed by atoms with Crippen LogP contribution in [0.5, 0.6) is 0 Å². The summed E-state index contributed by atoms with van der Waals surface area (Å²) < 4.78 is 41.3. The van der Waals surface area contributed by atoms with E-state index in [1.165, 1.54) is 22.8 Å². The summed E-state index contributed by atoms with van der Waals surface area (Å²) >= 11 is 0. The van der Waals surface area contributed by atoms with Crippen molar-refractivity contribution < 1.29 is 23.1 Å². The van der Waals surface area contributed by atoms with Crippen molar-refractivity contribution in [2.75, 3.05) is 0 Å². The summed E-state index contributed by atoms with van der Waals surface area (Å²) in [6.45, 7) is 1.74. The summed E-state index contributed by atoms with van der Waals surface area (Å²) in [6.07, 6.45) is -3.91. The molecule has 21 heavy (non-hydrogen) atoms. The first-order valence-corrected chi connectivity index (χ1v) is 6.62. The number of rotatable bonds is 3. The second-order valence-corrected chi connectivity index (χ2v) is 5.25. The fourth-order valence-corrected chi connectivity index (χ4v) is 2.73. The topological polar surface area (TPSA) is 55.1 Å². The van der Waals surface area contributed by atoms with Gasteiger partial charge in [-0.25, -0.2) is 9.78 Å². The van der Waals surface area contributed by atoms with Gasteiger partial charge in [0.05, 0.1) is 16.6 Å². The number of nitrogens with zero attached hydrogens (tertiary/aromatic N) is 2. The van der Waals surface area contributed by atoms with Crippen molar-refractivity contribution in [1.82, 2.24) is 9.55 Å². The van der Waals surface area contributed by atoms with E-state index in [4.69, 9.17) is 5.11 Å². The molecule has 1 saturated carbocycles. The van der Waals surface area contributed by atoms with Crippen LogP contribution in [0.15, 0.2) is 18.2 Å². The normalized spacial score (nSPS) is 17.1. The Bertz CT molecular complexity index is 730. The molecule has 2 aromatic rings. The molecule has 1 aromatic carbocycles. The molecule has 1 aliphatic rings. The van der Waals surface area contributed by atoms with Crippen LogP contribution in [0.2, 0.25) is 0 Å². The first-order valence-electron chi connectivity index (χ1n) is 6.62. The summed E-state index contributed by atoms with van der Waals surface area (Å²) in [4.78, 5) is 15.2. The number of benzene rings is 1. The molecule has 7 heteroatoms. The second-order valence-electron chi connectivity index (χ2n) is 5.25. The molecule has 3 rings (SSSR count). The molecule has 112 valence electrons. The van der Waals surface area contributed by atoms with Crippen LogP contribution in [0, 0.1) is 0 Å². The fraction of sp³-hybridized carbons (Fsp3) is 0.429. The lowest BCUT2D eigenvalue weighted by Crippen LogP contribution is -2.35. The minimum Gasteiger partial charge on any atom is -0.478 e.